The van der Waals surface area contributed by atoms with E-state index in [1.165, 1.54) is 4.46 Å². The molecular weight excluding hydrogens is 253 g/mol. The van der Waals surface area contributed by atoms with Crippen LogP contribution in [-0.4, -0.2) is 39.4 Å². The van der Waals surface area contributed by atoms with E-state index in [4.69, 9.17) is 0 Å². The fourth-order valence-electron chi connectivity index (χ4n) is 1.77. The average molecular weight is 268 g/mol. The Morgan fingerprint density at radius 3 is 2.80 bits per heavy atom. The van der Waals surface area contributed by atoms with Crippen LogP contribution >= 0.6 is 0 Å². The maximum atomic E-state index is 11.9. The van der Waals surface area contributed by atoms with Gasteiger partial charge < -0.3 is 0 Å². The van der Waals surface area contributed by atoms with Crippen LogP contribution in [0.25, 0.3) is 0 Å². The zero-order valence-electron chi connectivity index (χ0n) is 8.85. The van der Waals surface area contributed by atoms with Crippen molar-refractivity contribution in [2.75, 3.05) is 13.6 Å². The predicted octanol–water partition coefficient (Wildman–Crippen LogP) is 1.06. The summed E-state index contributed by atoms with van der Waals surface area (Å²) >= 11 is 0.299. The molecule has 2 rings (SSSR count). The van der Waals surface area contributed by atoms with Gasteiger partial charge in [-0.1, -0.05) is 0 Å². The fourth-order valence-corrected chi connectivity index (χ4v) is 4.30. The zero-order valence-corrected chi connectivity index (χ0v) is 10.6. The van der Waals surface area contributed by atoms with Crippen molar-refractivity contribution in [1.82, 2.24) is 4.90 Å². The summed E-state index contributed by atoms with van der Waals surface area (Å²) in [7, 11) is 1.91. The number of rotatable bonds is 2. The molecule has 0 radical (unpaired) electrons. The summed E-state index contributed by atoms with van der Waals surface area (Å²) in [6, 6.07) is 10.4. The van der Waals surface area contributed by atoms with Gasteiger partial charge in [0.2, 0.25) is 0 Å². The van der Waals surface area contributed by atoms with Gasteiger partial charge in [0.15, 0.2) is 0 Å². The Balaban J connectivity index is 2.03. The Hall–Kier alpha value is -0.791. The van der Waals surface area contributed by atoms with Crippen molar-refractivity contribution < 1.29 is 4.79 Å². The van der Waals surface area contributed by atoms with E-state index in [0.717, 1.165) is 19.4 Å². The second-order valence-corrected chi connectivity index (χ2v) is 6.50. The van der Waals surface area contributed by atoms with Crippen LogP contribution < -0.4 is 4.46 Å². The van der Waals surface area contributed by atoms with Gasteiger partial charge in [-0.05, 0) is 0 Å². The molecule has 0 aliphatic carbocycles. The van der Waals surface area contributed by atoms with Crippen LogP contribution in [-0.2, 0) is 4.79 Å². The first-order valence-electron chi connectivity index (χ1n) is 5.24. The molecule has 0 spiro atoms. The molecule has 1 amide bonds. The minimum absolute atomic E-state index is 0.263. The molecule has 0 aromatic heterocycles. The van der Waals surface area contributed by atoms with Crippen LogP contribution in [0.2, 0.25) is 4.82 Å². The third-order valence-electron chi connectivity index (χ3n) is 2.63. The van der Waals surface area contributed by atoms with Crippen molar-refractivity contribution in [2.45, 2.75) is 17.7 Å². The molecule has 80 valence electrons. The molecule has 1 aliphatic heterocycles. The topological polar surface area (TPSA) is 20.3 Å². The number of hydrogen-bond donors (Lipinski definition) is 0. The molecule has 1 fully saturated rings. The number of likely N-dealkylation sites (tertiary alicyclic amines) is 1. The quantitative estimate of drug-likeness (QED) is 0.734. The molecule has 1 heterocycles. The van der Waals surface area contributed by atoms with E-state index in [9.17, 15) is 4.79 Å². The van der Waals surface area contributed by atoms with Crippen LogP contribution in [0.3, 0.4) is 0 Å². The summed E-state index contributed by atoms with van der Waals surface area (Å²) in [5.41, 5.74) is 0. The summed E-state index contributed by atoms with van der Waals surface area (Å²) in [6.45, 7) is 0.931. The number of carbonyl (C=O) groups excluding carboxylic acids is 1. The Labute approximate surface area is 96.8 Å². The SMILES string of the molecule is CN1CCCC([Se]c2ccccc2)C1=O. The molecule has 1 saturated heterocycles. The van der Waals surface area contributed by atoms with E-state index in [1.807, 2.05) is 30.1 Å². The minimum atomic E-state index is 0.263. The molecule has 1 unspecified atom stereocenters. The molecule has 1 aromatic rings. The molecule has 0 bridgehead atoms. The van der Waals surface area contributed by atoms with Gasteiger partial charge in [-0.25, -0.2) is 0 Å². The van der Waals surface area contributed by atoms with Gasteiger partial charge in [-0.3, -0.25) is 0 Å². The van der Waals surface area contributed by atoms with Crippen molar-refractivity contribution in [3.63, 3.8) is 0 Å². The van der Waals surface area contributed by atoms with Gasteiger partial charge in [-0.15, -0.1) is 0 Å². The third-order valence-corrected chi connectivity index (χ3v) is 5.29. The summed E-state index contributed by atoms with van der Waals surface area (Å²) in [4.78, 5) is 14.0. The van der Waals surface area contributed by atoms with E-state index in [1.54, 1.807) is 0 Å². The first kappa shape index (κ1) is 10.7. The van der Waals surface area contributed by atoms with Crippen LogP contribution in [0.4, 0.5) is 0 Å². The average Bonchev–Trinajstić information content (AvgIpc) is 2.26. The van der Waals surface area contributed by atoms with E-state index >= 15 is 0 Å². The van der Waals surface area contributed by atoms with Crippen molar-refractivity contribution in [3.8, 4) is 0 Å². The molecular formula is C12H15NOSe. The van der Waals surface area contributed by atoms with Crippen LogP contribution in [0, 0.1) is 0 Å². The van der Waals surface area contributed by atoms with Gasteiger partial charge in [0, 0.05) is 0 Å². The third kappa shape index (κ3) is 2.61. The molecule has 15 heavy (non-hydrogen) atoms. The number of amides is 1. The van der Waals surface area contributed by atoms with E-state index < -0.39 is 0 Å². The molecule has 0 saturated carbocycles. The number of piperidine rings is 1. The second kappa shape index (κ2) is 4.82. The fraction of sp³-hybridized carbons (Fsp3) is 0.417. The number of nitrogens with zero attached hydrogens (tertiary/aromatic N) is 1. The predicted molar refractivity (Wildman–Crippen MR) is 62.5 cm³/mol. The number of benzene rings is 1. The Morgan fingerprint density at radius 2 is 2.07 bits per heavy atom. The molecule has 1 atom stereocenters. The molecule has 2 nitrogen and oxygen atoms in total. The van der Waals surface area contributed by atoms with Crippen LogP contribution in [0.1, 0.15) is 12.8 Å². The standard InChI is InChI=1S/C12H15NOSe/c1-13-9-5-8-11(12(13)14)15-10-6-3-2-4-7-10/h2-4,6-7,11H,5,8-9H2,1H3. The Bertz CT molecular complexity index is 339. The van der Waals surface area contributed by atoms with E-state index in [-0.39, 0.29) is 4.82 Å². The van der Waals surface area contributed by atoms with Crippen molar-refractivity contribution >= 4 is 25.3 Å². The van der Waals surface area contributed by atoms with Gasteiger partial charge in [0.1, 0.15) is 0 Å². The summed E-state index contributed by atoms with van der Waals surface area (Å²) in [5.74, 6) is 0.338. The normalized spacial score (nSPS) is 21.8. The van der Waals surface area contributed by atoms with E-state index in [2.05, 4.69) is 12.1 Å². The Kier molecular flexibility index (Phi) is 3.45. The number of hydrogen-bond acceptors (Lipinski definition) is 1. The van der Waals surface area contributed by atoms with Crippen LogP contribution in [0.5, 0.6) is 0 Å². The molecule has 1 aliphatic rings. The van der Waals surface area contributed by atoms with Gasteiger partial charge in [-0.2, -0.15) is 0 Å². The number of carbonyl (C=O) groups is 1. The summed E-state index contributed by atoms with van der Waals surface area (Å²) < 4.78 is 1.33. The van der Waals surface area contributed by atoms with Gasteiger partial charge in [0.05, 0.1) is 0 Å². The van der Waals surface area contributed by atoms with Gasteiger partial charge >= 0.3 is 96.6 Å². The summed E-state index contributed by atoms with van der Waals surface area (Å²) in [6.07, 6.45) is 2.22. The second-order valence-electron chi connectivity index (χ2n) is 3.82. The zero-order chi connectivity index (χ0) is 10.7. The monoisotopic (exact) mass is 269 g/mol. The van der Waals surface area contributed by atoms with E-state index in [0.29, 0.717) is 20.9 Å². The Morgan fingerprint density at radius 1 is 1.33 bits per heavy atom. The molecule has 3 heteroatoms. The van der Waals surface area contributed by atoms with Crippen molar-refractivity contribution in [3.05, 3.63) is 30.3 Å². The molecule has 1 aromatic carbocycles. The van der Waals surface area contributed by atoms with Crippen LogP contribution in [0.15, 0.2) is 30.3 Å². The van der Waals surface area contributed by atoms with Crippen molar-refractivity contribution in [2.24, 2.45) is 0 Å². The summed E-state index contributed by atoms with van der Waals surface area (Å²) in [5, 5.41) is 0. The van der Waals surface area contributed by atoms with Gasteiger partial charge in [0.25, 0.3) is 0 Å². The first-order valence-corrected chi connectivity index (χ1v) is 7.08. The van der Waals surface area contributed by atoms with Crippen molar-refractivity contribution in [1.29, 1.82) is 0 Å². The first-order chi connectivity index (χ1) is 7.27. The molecule has 0 N–H and O–H groups in total. The maximum absolute atomic E-state index is 11.9.